The molecule has 0 aromatic carbocycles. The number of aliphatic hydroxyl groups is 3. The lowest BCUT2D eigenvalue weighted by Crippen LogP contribution is -2.39. The van der Waals surface area contributed by atoms with E-state index in [9.17, 15) is 14.4 Å². The number of hydrogen-bond acceptors (Lipinski definition) is 10. The van der Waals surface area contributed by atoms with Gasteiger partial charge in [0, 0.05) is 26.6 Å². The molecule has 0 atom stereocenters. The van der Waals surface area contributed by atoms with Crippen molar-refractivity contribution < 1.29 is 43.7 Å². The van der Waals surface area contributed by atoms with Crippen LogP contribution in [-0.2, 0) is 18.6 Å². The molecule has 0 radical (unpaired) electrons. The van der Waals surface area contributed by atoms with Crippen LogP contribution in [0.2, 0.25) is 0 Å². The SMILES string of the molecule is CCCCOC(C)(OCCCC)OP(=O)([O-])[O-].OCCN(CCO)CCO. The Labute approximate surface area is 162 Å². The number of unbranched alkanes of at least 4 members (excludes halogenated alkanes) is 2. The molecular weight excluding hydrogens is 381 g/mol. The van der Waals surface area contributed by atoms with Crippen LogP contribution < -0.4 is 9.79 Å². The van der Waals surface area contributed by atoms with Crippen LogP contribution in [-0.4, -0.2) is 78.9 Å². The Morgan fingerprint density at radius 1 is 0.889 bits per heavy atom. The molecule has 27 heavy (non-hydrogen) atoms. The first-order valence-corrected chi connectivity index (χ1v) is 10.7. The fourth-order valence-corrected chi connectivity index (χ4v) is 2.37. The number of ether oxygens (including phenoxy) is 2. The Balaban J connectivity index is 0. The summed E-state index contributed by atoms with van der Waals surface area (Å²) in [5, 5.41) is 25.5. The lowest BCUT2D eigenvalue weighted by atomic mass is 10.3. The van der Waals surface area contributed by atoms with Gasteiger partial charge in [0.2, 0.25) is 0 Å². The fraction of sp³-hybridized carbons (Fsp3) is 1.00. The summed E-state index contributed by atoms with van der Waals surface area (Å²) in [6.45, 7) is 7.53. The van der Waals surface area contributed by atoms with Gasteiger partial charge in [0.15, 0.2) is 0 Å². The van der Waals surface area contributed by atoms with Crippen LogP contribution in [0.5, 0.6) is 0 Å². The van der Waals surface area contributed by atoms with Crippen molar-refractivity contribution in [3.63, 3.8) is 0 Å². The Hall–Kier alpha value is -0.130. The molecule has 0 aromatic rings. The van der Waals surface area contributed by atoms with Gasteiger partial charge in [0.25, 0.3) is 5.97 Å². The van der Waals surface area contributed by atoms with Gasteiger partial charge in [-0.05, 0) is 12.8 Å². The molecule has 0 aliphatic rings. The van der Waals surface area contributed by atoms with Crippen LogP contribution in [0.4, 0.5) is 0 Å². The zero-order valence-corrected chi connectivity index (χ0v) is 17.6. The highest BCUT2D eigenvalue weighted by Crippen LogP contribution is 2.34. The fourth-order valence-electron chi connectivity index (χ4n) is 1.86. The molecule has 0 heterocycles. The van der Waals surface area contributed by atoms with Gasteiger partial charge in [-0.2, -0.15) is 0 Å². The first-order chi connectivity index (χ1) is 12.7. The van der Waals surface area contributed by atoms with E-state index in [1.165, 1.54) is 6.92 Å². The van der Waals surface area contributed by atoms with E-state index >= 15 is 0 Å². The number of aliphatic hydroxyl groups excluding tert-OH is 3. The second-order valence-corrected chi connectivity index (χ2v) is 6.89. The minimum Gasteiger partial charge on any atom is -0.790 e. The summed E-state index contributed by atoms with van der Waals surface area (Å²) in [7, 11) is -5.13. The molecule has 166 valence electrons. The van der Waals surface area contributed by atoms with E-state index in [2.05, 4.69) is 4.52 Å². The predicted molar refractivity (Wildman–Crippen MR) is 96.5 cm³/mol. The summed E-state index contributed by atoms with van der Waals surface area (Å²) in [5.41, 5.74) is 0. The smallest absolute Gasteiger partial charge is 0.283 e. The first-order valence-electron chi connectivity index (χ1n) is 9.23. The van der Waals surface area contributed by atoms with Crippen LogP contribution in [0.15, 0.2) is 0 Å². The van der Waals surface area contributed by atoms with Crippen molar-refractivity contribution in [1.82, 2.24) is 4.90 Å². The summed E-state index contributed by atoms with van der Waals surface area (Å²) in [6, 6.07) is 0. The third-order valence-corrected chi connectivity index (χ3v) is 3.81. The Morgan fingerprint density at radius 3 is 1.52 bits per heavy atom. The molecule has 0 saturated heterocycles. The quantitative estimate of drug-likeness (QED) is 0.168. The molecule has 10 nitrogen and oxygen atoms in total. The Morgan fingerprint density at radius 2 is 1.26 bits per heavy atom. The zero-order chi connectivity index (χ0) is 21.2. The molecule has 0 amide bonds. The van der Waals surface area contributed by atoms with Crippen molar-refractivity contribution in [2.24, 2.45) is 0 Å². The summed E-state index contributed by atoms with van der Waals surface area (Å²) >= 11 is 0. The normalized spacial score (nSPS) is 12.2. The van der Waals surface area contributed by atoms with Crippen LogP contribution in [0.25, 0.3) is 0 Å². The maximum atomic E-state index is 10.6. The van der Waals surface area contributed by atoms with Crippen LogP contribution in [0.3, 0.4) is 0 Å². The molecule has 0 bridgehead atoms. The van der Waals surface area contributed by atoms with Crippen molar-refractivity contribution in [3.8, 4) is 0 Å². The molecule has 3 N–H and O–H groups in total. The molecule has 0 aliphatic carbocycles. The number of hydrogen-bond donors (Lipinski definition) is 3. The Bertz CT molecular complexity index is 344. The van der Waals surface area contributed by atoms with Gasteiger partial charge < -0.3 is 39.1 Å². The molecule has 0 rings (SSSR count). The number of nitrogens with zero attached hydrogens (tertiary/aromatic N) is 1. The maximum absolute atomic E-state index is 10.6. The highest BCUT2D eigenvalue weighted by molar-refractivity contribution is 7.43. The molecule has 0 aromatic heterocycles. The number of phosphoric ester groups is 1. The molecule has 0 fully saturated rings. The van der Waals surface area contributed by atoms with Crippen LogP contribution >= 0.6 is 7.82 Å². The highest BCUT2D eigenvalue weighted by atomic mass is 31.2. The topological polar surface area (TPSA) is 155 Å². The van der Waals surface area contributed by atoms with E-state index in [4.69, 9.17) is 24.8 Å². The predicted octanol–water partition coefficient (Wildman–Crippen LogP) is -0.596. The van der Waals surface area contributed by atoms with Crippen molar-refractivity contribution in [2.45, 2.75) is 52.4 Å². The maximum Gasteiger partial charge on any atom is 0.283 e. The monoisotopic (exact) mass is 417 g/mol. The standard InChI is InChI=1S/C10H23O6P.C6H15NO3/c1-4-6-8-14-10(3,15-9-7-5-2)16-17(11,12)13;8-4-1-7(2-5-9)3-6-10/h4-9H2,1-3H3,(H2,11,12,13);8-10H,1-6H2/p-2. The van der Waals surface area contributed by atoms with Crippen molar-refractivity contribution in [1.29, 1.82) is 0 Å². The lowest BCUT2D eigenvalue weighted by Gasteiger charge is -2.39. The van der Waals surface area contributed by atoms with Crippen molar-refractivity contribution in [2.75, 3.05) is 52.7 Å². The molecule has 0 aliphatic heterocycles. The van der Waals surface area contributed by atoms with E-state index < -0.39 is 13.8 Å². The van der Waals surface area contributed by atoms with E-state index in [0.29, 0.717) is 19.6 Å². The Kier molecular flexibility index (Phi) is 19.3. The second-order valence-electron chi connectivity index (χ2n) is 5.82. The number of rotatable bonds is 16. The molecule has 0 saturated carbocycles. The van der Waals surface area contributed by atoms with Gasteiger partial charge in [0.1, 0.15) is 0 Å². The molecule has 11 heteroatoms. The van der Waals surface area contributed by atoms with Gasteiger partial charge in [-0.25, -0.2) is 0 Å². The van der Waals surface area contributed by atoms with E-state index in [-0.39, 0.29) is 33.0 Å². The average Bonchev–Trinajstić information content (AvgIpc) is 2.55. The summed E-state index contributed by atoms with van der Waals surface area (Å²) in [4.78, 5) is 23.0. The third kappa shape index (κ3) is 20.4. The summed E-state index contributed by atoms with van der Waals surface area (Å²) in [5.74, 6) is -1.80. The zero-order valence-electron chi connectivity index (χ0n) is 16.7. The molecular formula is C16H36NO9P-2. The van der Waals surface area contributed by atoms with Crippen LogP contribution in [0.1, 0.15) is 46.5 Å². The summed E-state index contributed by atoms with van der Waals surface area (Å²) < 4.78 is 25.3. The van der Waals surface area contributed by atoms with Crippen LogP contribution in [0, 0.1) is 0 Å². The van der Waals surface area contributed by atoms with Gasteiger partial charge in [-0.3, -0.25) is 9.42 Å². The van der Waals surface area contributed by atoms with E-state index in [1.807, 2.05) is 13.8 Å². The molecule has 0 unspecified atom stereocenters. The second kappa shape index (κ2) is 17.9. The average molecular weight is 417 g/mol. The van der Waals surface area contributed by atoms with Gasteiger partial charge in [-0.1, -0.05) is 26.7 Å². The highest BCUT2D eigenvalue weighted by Gasteiger charge is 2.28. The third-order valence-electron chi connectivity index (χ3n) is 3.25. The lowest BCUT2D eigenvalue weighted by molar-refractivity contribution is -0.404. The van der Waals surface area contributed by atoms with Gasteiger partial charge in [-0.15, -0.1) is 0 Å². The minimum absolute atomic E-state index is 0.0694. The van der Waals surface area contributed by atoms with Crippen molar-refractivity contribution >= 4 is 7.82 Å². The van der Waals surface area contributed by atoms with E-state index in [0.717, 1.165) is 25.7 Å². The van der Waals surface area contributed by atoms with Crippen molar-refractivity contribution in [3.05, 3.63) is 0 Å². The van der Waals surface area contributed by atoms with Gasteiger partial charge in [0.05, 0.1) is 40.9 Å². The van der Waals surface area contributed by atoms with E-state index in [1.54, 1.807) is 4.90 Å². The van der Waals surface area contributed by atoms with Gasteiger partial charge >= 0.3 is 0 Å². The largest absolute Gasteiger partial charge is 0.790 e. The molecule has 0 spiro atoms. The number of phosphoric acid groups is 1. The minimum atomic E-state index is -5.13. The summed E-state index contributed by atoms with van der Waals surface area (Å²) in [6.07, 6.45) is 3.24. The first kappa shape index (κ1) is 29.1.